The smallest absolute Gasteiger partial charge is 0.146 e. The molecule has 0 atom stereocenters. The first-order valence-corrected chi connectivity index (χ1v) is 5.56. The van der Waals surface area contributed by atoms with E-state index in [1.165, 1.54) is 6.07 Å². The summed E-state index contributed by atoms with van der Waals surface area (Å²) in [6, 6.07) is 7.16. The van der Waals surface area contributed by atoms with E-state index < -0.39 is 0 Å². The van der Waals surface area contributed by atoms with Crippen molar-refractivity contribution in [2.75, 3.05) is 5.32 Å². The van der Waals surface area contributed by atoms with Gasteiger partial charge in [0.2, 0.25) is 0 Å². The topological polar surface area (TPSA) is 29.9 Å². The minimum Gasteiger partial charge on any atom is -0.377 e. The number of aryl methyl sites for hydroxylation is 3. The lowest BCUT2D eigenvalue weighted by molar-refractivity contribution is 0.627. The van der Waals surface area contributed by atoms with E-state index in [9.17, 15) is 4.39 Å². The second-order valence-electron chi connectivity index (χ2n) is 4.24. The van der Waals surface area contributed by atoms with E-state index in [-0.39, 0.29) is 5.82 Å². The zero-order valence-corrected chi connectivity index (χ0v) is 10.3. The van der Waals surface area contributed by atoms with Crippen LogP contribution in [0.25, 0.3) is 0 Å². The average molecular weight is 233 g/mol. The van der Waals surface area contributed by atoms with Crippen LogP contribution >= 0.6 is 0 Å². The van der Waals surface area contributed by atoms with Crippen molar-refractivity contribution in [3.05, 3.63) is 47.0 Å². The molecule has 0 unspecified atom stereocenters. The lowest BCUT2D eigenvalue weighted by atomic mass is 10.2. The van der Waals surface area contributed by atoms with Crippen LogP contribution in [0.2, 0.25) is 0 Å². The molecule has 0 radical (unpaired) electrons. The zero-order chi connectivity index (χ0) is 12.4. The molecule has 1 N–H and O–H groups in total. The van der Waals surface area contributed by atoms with Gasteiger partial charge in [-0.05, 0) is 37.6 Å². The minimum absolute atomic E-state index is 0.219. The molecule has 0 aliphatic heterocycles. The molecule has 1 heterocycles. The third-order valence-electron chi connectivity index (χ3n) is 2.68. The van der Waals surface area contributed by atoms with E-state index in [2.05, 4.69) is 10.4 Å². The summed E-state index contributed by atoms with van der Waals surface area (Å²) in [6.45, 7) is 4.38. The largest absolute Gasteiger partial charge is 0.377 e. The number of nitrogens with one attached hydrogen (secondary N) is 1. The number of halogens is 1. The molecule has 0 saturated carbocycles. The Balaban J connectivity index is 2.10. The van der Waals surface area contributed by atoms with Crippen LogP contribution < -0.4 is 5.32 Å². The van der Waals surface area contributed by atoms with Crippen LogP contribution in [0.4, 0.5) is 10.1 Å². The Morgan fingerprint density at radius 1 is 1.29 bits per heavy atom. The van der Waals surface area contributed by atoms with Gasteiger partial charge in [0.15, 0.2) is 0 Å². The van der Waals surface area contributed by atoms with Gasteiger partial charge in [-0.15, -0.1) is 0 Å². The lowest BCUT2D eigenvalue weighted by Gasteiger charge is -2.08. The fourth-order valence-electron chi connectivity index (χ4n) is 1.78. The maximum absolute atomic E-state index is 13.6. The maximum Gasteiger partial charge on any atom is 0.146 e. The maximum atomic E-state index is 13.6. The van der Waals surface area contributed by atoms with Crippen molar-refractivity contribution in [3.63, 3.8) is 0 Å². The Labute approximate surface area is 100 Å². The molecule has 2 aromatic rings. The summed E-state index contributed by atoms with van der Waals surface area (Å²) in [5, 5.41) is 7.32. The molecule has 3 nitrogen and oxygen atoms in total. The fourth-order valence-corrected chi connectivity index (χ4v) is 1.78. The van der Waals surface area contributed by atoms with Gasteiger partial charge in [-0.3, -0.25) is 4.68 Å². The van der Waals surface area contributed by atoms with Crippen LogP contribution in [0.1, 0.15) is 17.0 Å². The molecule has 0 fully saturated rings. The molecule has 0 amide bonds. The first-order chi connectivity index (χ1) is 8.06. The molecule has 0 bridgehead atoms. The second kappa shape index (κ2) is 4.57. The van der Waals surface area contributed by atoms with Gasteiger partial charge in [-0.25, -0.2) is 4.39 Å². The van der Waals surface area contributed by atoms with Gasteiger partial charge in [-0.1, -0.05) is 6.07 Å². The molecule has 0 spiro atoms. The number of rotatable bonds is 3. The molecule has 0 aliphatic rings. The molecule has 90 valence electrons. The normalized spacial score (nSPS) is 10.6. The quantitative estimate of drug-likeness (QED) is 0.883. The minimum atomic E-state index is -0.219. The summed E-state index contributed by atoms with van der Waals surface area (Å²) < 4.78 is 15.4. The summed E-state index contributed by atoms with van der Waals surface area (Å²) in [7, 11) is 1.88. The van der Waals surface area contributed by atoms with Crippen molar-refractivity contribution in [2.45, 2.75) is 20.4 Å². The highest BCUT2D eigenvalue weighted by atomic mass is 19.1. The molecule has 0 saturated heterocycles. The highest BCUT2D eigenvalue weighted by Gasteiger charge is 2.04. The number of nitrogens with zero attached hydrogens (tertiary/aromatic N) is 2. The number of aromatic nitrogens is 2. The standard InChI is InChI=1S/C13H16FN3/c1-9-4-5-13(12(14)6-9)15-8-11-7-10(2)16-17(11)3/h4-7,15H,8H2,1-3H3. The molecular formula is C13H16FN3. The van der Waals surface area contributed by atoms with E-state index in [1.54, 1.807) is 10.7 Å². The number of anilines is 1. The van der Waals surface area contributed by atoms with Crippen LogP contribution in [0.3, 0.4) is 0 Å². The van der Waals surface area contributed by atoms with Gasteiger partial charge in [0.1, 0.15) is 5.82 Å². The molecule has 4 heteroatoms. The van der Waals surface area contributed by atoms with Crippen molar-refractivity contribution < 1.29 is 4.39 Å². The lowest BCUT2D eigenvalue weighted by Crippen LogP contribution is -2.06. The molecule has 1 aromatic carbocycles. The fraction of sp³-hybridized carbons (Fsp3) is 0.308. The Morgan fingerprint density at radius 2 is 2.06 bits per heavy atom. The number of benzene rings is 1. The molecule has 0 aliphatic carbocycles. The van der Waals surface area contributed by atoms with Crippen LogP contribution in [-0.4, -0.2) is 9.78 Å². The summed E-state index contributed by atoms with van der Waals surface area (Å²) in [6.07, 6.45) is 0. The van der Waals surface area contributed by atoms with E-state index in [0.717, 1.165) is 17.0 Å². The predicted octanol–water partition coefficient (Wildman–Crippen LogP) is 2.79. The Hall–Kier alpha value is -1.84. The Morgan fingerprint density at radius 3 is 2.65 bits per heavy atom. The van der Waals surface area contributed by atoms with Gasteiger partial charge >= 0.3 is 0 Å². The van der Waals surface area contributed by atoms with Gasteiger partial charge in [0, 0.05) is 7.05 Å². The first-order valence-electron chi connectivity index (χ1n) is 5.56. The van der Waals surface area contributed by atoms with E-state index in [0.29, 0.717) is 12.2 Å². The van der Waals surface area contributed by atoms with Crippen molar-refractivity contribution in [3.8, 4) is 0 Å². The SMILES string of the molecule is Cc1ccc(NCc2cc(C)nn2C)c(F)c1. The third-order valence-corrected chi connectivity index (χ3v) is 2.68. The zero-order valence-electron chi connectivity index (χ0n) is 10.3. The Bertz CT molecular complexity index is 531. The van der Waals surface area contributed by atoms with Crippen molar-refractivity contribution in [1.29, 1.82) is 0 Å². The van der Waals surface area contributed by atoms with Crippen LogP contribution in [-0.2, 0) is 13.6 Å². The van der Waals surface area contributed by atoms with E-state index >= 15 is 0 Å². The third kappa shape index (κ3) is 2.64. The summed E-state index contributed by atoms with van der Waals surface area (Å²) in [5.41, 5.74) is 3.44. The highest BCUT2D eigenvalue weighted by Crippen LogP contribution is 2.16. The monoisotopic (exact) mass is 233 g/mol. The van der Waals surface area contributed by atoms with Gasteiger partial charge < -0.3 is 5.32 Å². The van der Waals surface area contributed by atoms with Crippen molar-refractivity contribution in [2.24, 2.45) is 7.05 Å². The molecule has 17 heavy (non-hydrogen) atoms. The number of hydrogen-bond acceptors (Lipinski definition) is 2. The van der Waals surface area contributed by atoms with E-state index in [1.807, 2.05) is 33.0 Å². The first kappa shape index (κ1) is 11.6. The average Bonchev–Trinajstić information content (AvgIpc) is 2.56. The number of hydrogen-bond donors (Lipinski definition) is 1. The van der Waals surface area contributed by atoms with Crippen molar-refractivity contribution in [1.82, 2.24) is 9.78 Å². The van der Waals surface area contributed by atoms with Crippen molar-refractivity contribution >= 4 is 5.69 Å². The molecular weight excluding hydrogens is 217 g/mol. The van der Waals surface area contributed by atoms with Crippen LogP contribution in [0.15, 0.2) is 24.3 Å². The van der Waals surface area contributed by atoms with Gasteiger partial charge in [0.25, 0.3) is 0 Å². The summed E-state index contributed by atoms with van der Waals surface area (Å²) in [4.78, 5) is 0. The van der Waals surface area contributed by atoms with E-state index in [4.69, 9.17) is 0 Å². The van der Waals surface area contributed by atoms with Crippen LogP contribution in [0, 0.1) is 19.7 Å². The second-order valence-corrected chi connectivity index (χ2v) is 4.24. The predicted molar refractivity (Wildman–Crippen MR) is 66.4 cm³/mol. The molecule has 1 aromatic heterocycles. The van der Waals surface area contributed by atoms with Gasteiger partial charge in [0.05, 0.1) is 23.6 Å². The van der Waals surface area contributed by atoms with Gasteiger partial charge in [-0.2, -0.15) is 5.10 Å². The highest BCUT2D eigenvalue weighted by molar-refractivity contribution is 5.46. The molecule has 2 rings (SSSR count). The van der Waals surface area contributed by atoms with Crippen LogP contribution in [0.5, 0.6) is 0 Å². The summed E-state index contributed by atoms with van der Waals surface area (Å²) >= 11 is 0. The Kier molecular flexibility index (Phi) is 3.13. The summed E-state index contributed by atoms with van der Waals surface area (Å²) in [5.74, 6) is -0.219.